The summed E-state index contributed by atoms with van der Waals surface area (Å²) >= 11 is 2.05. The molecule has 2 saturated carbocycles. The molecule has 5 atom stereocenters. The molecule has 1 heterocycles. The van der Waals surface area contributed by atoms with Crippen LogP contribution < -0.4 is 0 Å². The first-order valence-corrected chi connectivity index (χ1v) is 10.1. The van der Waals surface area contributed by atoms with Gasteiger partial charge in [0.1, 0.15) is 0 Å². The fourth-order valence-corrected chi connectivity index (χ4v) is 6.02. The zero-order valence-corrected chi connectivity index (χ0v) is 14.9. The smallest absolute Gasteiger partial charge is 0.163 e. The van der Waals surface area contributed by atoms with Crippen molar-refractivity contribution >= 4 is 17.5 Å². The normalized spacial score (nSPS) is 42.0. The fraction of sp³-hybridized carbons (Fsp3) is 0.842. The predicted octanol–water partition coefficient (Wildman–Crippen LogP) is 4.63. The molecule has 0 radical (unpaired) electrons. The van der Waals surface area contributed by atoms with Gasteiger partial charge in [-0.1, -0.05) is 19.4 Å². The van der Waals surface area contributed by atoms with Gasteiger partial charge >= 0.3 is 0 Å². The van der Waals surface area contributed by atoms with E-state index >= 15 is 0 Å². The first-order chi connectivity index (χ1) is 10.7. The Morgan fingerprint density at radius 3 is 2.82 bits per heavy atom. The largest absolute Gasteiger partial charge is 0.381 e. The summed E-state index contributed by atoms with van der Waals surface area (Å²) in [6.45, 7) is 2.34. The second-order valence-electron chi connectivity index (χ2n) is 7.56. The van der Waals surface area contributed by atoms with Crippen LogP contribution in [-0.4, -0.2) is 30.0 Å². The number of carbonyl (C=O) groups is 1. The van der Waals surface area contributed by atoms with Crippen LogP contribution in [0.15, 0.2) is 11.6 Å². The van der Waals surface area contributed by atoms with E-state index in [2.05, 4.69) is 13.0 Å². The highest BCUT2D eigenvalue weighted by atomic mass is 32.2. The summed E-state index contributed by atoms with van der Waals surface area (Å²) in [5.74, 6) is 3.16. The second kappa shape index (κ2) is 7.53. The molecule has 3 aliphatic rings. The predicted molar refractivity (Wildman–Crippen MR) is 93.2 cm³/mol. The molecule has 0 N–H and O–H groups in total. The molecule has 1 saturated heterocycles. The molecule has 4 unspecified atom stereocenters. The van der Waals surface area contributed by atoms with Crippen LogP contribution in [0.5, 0.6) is 0 Å². The van der Waals surface area contributed by atoms with Gasteiger partial charge < -0.3 is 4.74 Å². The summed E-state index contributed by atoms with van der Waals surface area (Å²) < 4.78 is 5.52. The molecule has 0 aromatic rings. The number of Topliss-reactive ketones (excluding diaryl/α,β-unsaturated/α-hetero) is 1. The van der Waals surface area contributed by atoms with Gasteiger partial charge in [-0.3, -0.25) is 4.79 Å². The minimum Gasteiger partial charge on any atom is -0.381 e. The topological polar surface area (TPSA) is 26.3 Å². The Kier molecular flexibility index (Phi) is 5.67. The molecule has 0 aromatic heterocycles. The van der Waals surface area contributed by atoms with Crippen LogP contribution >= 0.6 is 11.8 Å². The number of hydrogen-bond acceptors (Lipinski definition) is 3. The van der Waals surface area contributed by atoms with E-state index in [1.165, 1.54) is 38.5 Å². The average Bonchev–Trinajstić information content (AvgIpc) is 2.75. The number of ketones is 1. The van der Waals surface area contributed by atoms with Crippen molar-refractivity contribution in [3.05, 3.63) is 11.6 Å². The van der Waals surface area contributed by atoms with E-state index in [1.807, 2.05) is 18.9 Å². The SMILES string of the molecule is COC1CCCC(/C=C2\CSC3CC(C)CC[C@@H]3C2=O)CC1. The minimum absolute atomic E-state index is 0.318. The first kappa shape index (κ1) is 16.6. The lowest BCUT2D eigenvalue weighted by atomic mass is 9.78. The summed E-state index contributed by atoms with van der Waals surface area (Å²) in [4.78, 5) is 12.8. The Bertz CT molecular complexity index is 431. The number of ether oxygens (including phenoxy) is 1. The number of carbonyl (C=O) groups excluding carboxylic acids is 1. The van der Waals surface area contributed by atoms with Crippen molar-refractivity contribution in [1.29, 1.82) is 0 Å². The Morgan fingerprint density at radius 2 is 2.00 bits per heavy atom. The summed E-state index contributed by atoms with van der Waals surface area (Å²) in [6, 6.07) is 0. The Hall–Kier alpha value is -0.280. The summed E-state index contributed by atoms with van der Waals surface area (Å²) in [7, 11) is 1.83. The van der Waals surface area contributed by atoms with Gasteiger partial charge in [0.05, 0.1) is 6.10 Å². The van der Waals surface area contributed by atoms with Gasteiger partial charge in [0.15, 0.2) is 5.78 Å². The maximum absolute atomic E-state index is 12.8. The number of fused-ring (bicyclic) bond motifs is 1. The van der Waals surface area contributed by atoms with Crippen LogP contribution in [0.3, 0.4) is 0 Å². The highest BCUT2D eigenvalue weighted by molar-refractivity contribution is 8.00. The molecule has 2 nitrogen and oxygen atoms in total. The van der Waals surface area contributed by atoms with Crippen LogP contribution in [0.25, 0.3) is 0 Å². The Morgan fingerprint density at radius 1 is 1.14 bits per heavy atom. The molecule has 3 heteroatoms. The average molecular weight is 323 g/mol. The monoisotopic (exact) mass is 322 g/mol. The second-order valence-corrected chi connectivity index (χ2v) is 8.78. The van der Waals surface area contributed by atoms with Crippen LogP contribution in [0.4, 0.5) is 0 Å². The fourth-order valence-electron chi connectivity index (χ4n) is 4.43. The van der Waals surface area contributed by atoms with Gasteiger partial charge in [-0.15, -0.1) is 0 Å². The summed E-state index contributed by atoms with van der Waals surface area (Å²) in [6.07, 6.45) is 12.4. The quantitative estimate of drug-likeness (QED) is 0.548. The van der Waals surface area contributed by atoms with E-state index < -0.39 is 0 Å². The lowest BCUT2D eigenvalue weighted by Crippen LogP contribution is -2.37. The van der Waals surface area contributed by atoms with E-state index in [4.69, 9.17) is 4.74 Å². The molecular weight excluding hydrogens is 292 g/mol. The van der Waals surface area contributed by atoms with Crippen molar-refractivity contribution in [2.75, 3.05) is 12.9 Å². The van der Waals surface area contributed by atoms with E-state index in [0.29, 0.717) is 29.0 Å². The first-order valence-electron chi connectivity index (χ1n) is 9.06. The molecule has 3 fully saturated rings. The zero-order chi connectivity index (χ0) is 15.5. The number of methoxy groups -OCH3 is 1. The third kappa shape index (κ3) is 3.79. The standard InChI is InChI=1S/C19H30O2S/c1-13-6-9-17-18(10-13)22-12-15(19(17)20)11-14-4-3-5-16(21-2)8-7-14/h11,13-14,16-18H,3-10,12H2,1-2H3/b15-11+/t13?,14?,16?,17-,18?/m0/s1. The molecule has 0 aromatic carbocycles. The minimum atomic E-state index is 0.318. The van der Waals surface area contributed by atoms with Crippen LogP contribution in [0, 0.1) is 17.8 Å². The lowest BCUT2D eigenvalue weighted by Gasteiger charge is -2.37. The molecule has 2 aliphatic carbocycles. The number of hydrogen-bond donors (Lipinski definition) is 0. The molecule has 1 aliphatic heterocycles. The van der Waals surface area contributed by atoms with Crippen LogP contribution in [0.2, 0.25) is 0 Å². The van der Waals surface area contributed by atoms with E-state index in [-0.39, 0.29) is 0 Å². The van der Waals surface area contributed by atoms with Crippen LogP contribution in [0.1, 0.15) is 58.3 Å². The summed E-state index contributed by atoms with van der Waals surface area (Å²) in [5.41, 5.74) is 1.14. The molecule has 124 valence electrons. The number of allylic oxidation sites excluding steroid dienone is 1. The van der Waals surface area contributed by atoms with Crippen molar-refractivity contribution in [2.45, 2.75) is 69.6 Å². The van der Waals surface area contributed by atoms with E-state index in [0.717, 1.165) is 30.1 Å². The van der Waals surface area contributed by atoms with Crippen LogP contribution in [-0.2, 0) is 9.53 Å². The molecule has 22 heavy (non-hydrogen) atoms. The number of thioether (sulfide) groups is 1. The number of rotatable bonds is 2. The van der Waals surface area contributed by atoms with Crippen molar-refractivity contribution in [3.63, 3.8) is 0 Å². The Labute approximate surface area is 139 Å². The third-order valence-corrected chi connectivity index (χ3v) is 7.32. The third-order valence-electron chi connectivity index (χ3n) is 5.89. The van der Waals surface area contributed by atoms with Gasteiger partial charge in [0.25, 0.3) is 0 Å². The maximum atomic E-state index is 12.8. The van der Waals surface area contributed by atoms with E-state index in [9.17, 15) is 4.79 Å². The van der Waals surface area contributed by atoms with Gasteiger partial charge in [0.2, 0.25) is 0 Å². The molecular formula is C19H30O2S. The van der Waals surface area contributed by atoms with Gasteiger partial charge in [-0.2, -0.15) is 11.8 Å². The van der Waals surface area contributed by atoms with Crippen molar-refractivity contribution < 1.29 is 9.53 Å². The summed E-state index contributed by atoms with van der Waals surface area (Å²) in [5, 5.41) is 0.598. The molecule has 0 bridgehead atoms. The van der Waals surface area contributed by atoms with Crippen molar-refractivity contribution in [3.8, 4) is 0 Å². The maximum Gasteiger partial charge on any atom is 0.163 e. The Balaban J connectivity index is 1.63. The van der Waals surface area contributed by atoms with E-state index in [1.54, 1.807) is 0 Å². The van der Waals surface area contributed by atoms with Gasteiger partial charge in [-0.05, 0) is 56.8 Å². The van der Waals surface area contributed by atoms with Crippen molar-refractivity contribution in [2.24, 2.45) is 17.8 Å². The van der Waals surface area contributed by atoms with Gasteiger partial charge in [-0.25, -0.2) is 0 Å². The van der Waals surface area contributed by atoms with Gasteiger partial charge in [0, 0.05) is 29.6 Å². The highest BCUT2D eigenvalue weighted by Gasteiger charge is 2.38. The zero-order valence-electron chi connectivity index (χ0n) is 14.1. The molecule has 3 rings (SSSR count). The lowest BCUT2D eigenvalue weighted by molar-refractivity contribution is -0.120. The molecule has 0 amide bonds. The highest BCUT2D eigenvalue weighted by Crippen LogP contribution is 2.43. The molecule has 0 spiro atoms. The van der Waals surface area contributed by atoms with Crippen molar-refractivity contribution in [1.82, 2.24) is 0 Å².